The van der Waals surface area contributed by atoms with Gasteiger partial charge in [0.25, 0.3) is 11.6 Å². The normalized spacial score (nSPS) is 11.4. The highest BCUT2D eigenvalue weighted by molar-refractivity contribution is 5.98. The number of hydrogen-bond acceptors (Lipinski definition) is 7. The average Bonchev–Trinajstić information content (AvgIpc) is 2.92. The molecule has 0 bridgehead atoms. The Morgan fingerprint density at radius 2 is 1.82 bits per heavy atom. The second-order valence-electron chi connectivity index (χ2n) is 8.23. The van der Waals surface area contributed by atoms with Gasteiger partial charge in [-0.25, -0.2) is 13.8 Å². The van der Waals surface area contributed by atoms with Crippen molar-refractivity contribution in [2.45, 2.75) is 12.6 Å². The first kappa shape index (κ1) is 26.0. The van der Waals surface area contributed by atoms with Crippen LogP contribution in [0.2, 0.25) is 0 Å². The highest BCUT2D eigenvalue weighted by Gasteiger charge is 2.19. The number of benzene rings is 3. The summed E-state index contributed by atoms with van der Waals surface area (Å²) in [5.74, 6) is -1.83. The Kier molecular flexibility index (Phi) is 8.07. The van der Waals surface area contributed by atoms with Crippen LogP contribution in [-0.4, -0.2) is 22.4 Å². The van der Waals surface area contributed by atoms with E-state index in [1.54, 1.807) is 12.1 Å². The van der Waals surface area contributed by atoms with Crippen LogP contribution < -0.4 is 21.1 Å². The molecule has 0 saturated heterocycles. The summed E-state index contributed by atoms with van der Waals surface area (Å²) in [6.45, 7) is 0.0604. The van der Waals surface area contributed by atoms with Gasteiger partial charge in [0.15, 0.2) is 11.6 Å². The largest absolute Gasteiger partial charge is 0.491 e. The number of anilines is 2. The topological polar surface area (TPSA) is 132 Å². The Bertz CT molecular complexity index is 1450. The van der Waals surface area contributed by atoms with Crippen LogP contribution in [0.5, 0.6) is 5.75 Å². The van der Waals surface area contributed by atoms with E-state index in [-0.39, 0.29) is 35.9 Å². The minimum absolute atomic E-state index is 0.0167. The van der Waals surface area contributed by atoms with Crippen molar-refractivity contribution < 1.29 is 23.2 Å². The summed E-state index contributed by atoms with van der Waals surface area (Å²) in [6, 6.07) is 19.5. The number of aromatic nitrogens is 1. The summed E-state index contributed by atoms with van der Waals surface area (Å²) >= 11 is 0. The summed E-state index contributed by atoms with van der Waals surface area (Å²) < 4.78 is 32.6. The van der Waals surface area contributed by atoms with Crippen LogP contribution >= 0.6 is 0 Å². The Hall–Kier alpha value is -5.06. The number of nitrogen functional groups attached to an aromatic ring is 1. The highest BCUT2D eigenvalue weighted by Crippen LogP contribution is 2.28. The third-order valence-corrected chi connectivity index (χ3v) is 5.61. The Balaban J connectivity index is 1.51. The lowest BCUT2D eigenvalue weighted by atomic mass is 10.1. The van der Waals surface area contributed by atoms with Crippen molar-refractivity contribution in [2.24, 2.45) is 0 Å². The number of hydrogen-bond donors (Lipinski definition) is 3. The van der Waals surface area contributed by atoms with Crippen LogP contribution in [0, 0.1) is 21.7 Å². The van der Waals surface area contributed by atoms with Crippen molar-refractivity contribution in [1.82, 2.24) is 10.3 Å². The molecule has 38 heavy (non-hydrogen) atoms. The Labute approximate surface area is 216 Å². The van der Waals surface area contributed by atoms with Gasteiger partial charge in [-0.15, -0.1) is 0 Å². The number of rotatable bonds is 10. The van der Waals surface area contributed by atoms with E-state index in [2.05, 4.69) is 15.6 Å². The molecule has 4 aromatic rings. The fraction of sp³-hybridized carbons (Fsp3) is 0.111. The molecule has 1 atom stereocenters. The van der Waals surface area contributed by atoms with Crippen LogP contribution in [0.3, 0.4) is 0 Å². The predicted octanol–water partition coefficient (Wildman–Crippen LogP) is 5.01. The molecule has 1 aromatic heterocycles. The lowest BCUT2D eigenvalue weighted by molar-refractivity contribution is -0.383. The van der Waals surface area contributed by atoms with Crippen molar-refractivity contribution in [1.29, 1.82) is 0 Å². The molecule has 0 aliphatic heterocycles. The van der Waals surface area contributed by atoms with Gasteiger partial charge in [-0.3, -0.25) is 14.9 Å². The number of carbonyl (C=O) groups is 1. The van der Waals surface area contributed by atoms with E-state index in [0.29, 0.717) is 11.3 Å². The Morgan fingerprint density at radius 1 is 1.03 bits per heavy atom. The van der Waals surface area contributed by atoms with E-state index in [1.165, 1.54) is 30.5 Å². The zero-order valence-electron chi connectivity index (χ0n) is 19.9. The quantitative estimate of drug-likeness (QED) is 0.152. The fourth-order valence-corrected chi connectivity index (χ4v) is 3.67. The van der Waals surface area contributed by atoms with Gasteiger partial charge >= 0.3 is 0 Å². The van der Waals surface area contributed by atoms with E-state index in [1.807, 2.05) is 30.3 Å². The molecule has 1 unspecified atom stereocenters. The van der Waals surface area contributed by atoms with E-state index in [4.69, 9.17) is 10.5 Å². The molecule has 9 nitrogen and oxygen atoms in total. The van der Waals surface area contributed by atoms with Gasteiger partial charge in [0.05, 0.1) is 16.5 Å². The standard InChI is InChI=1S/C27H23F2N5O4/c28-21-10-8-17(13-22(21)29)15-32-27(35)20-7-4-12-31-26(20)33-24(18-5-2-1-3-6-18)16-38-19-9-11-25(34(36)37)23(30)14-19/h1-14,24H,15-16,30H2,(H,31,33)(H,32,35). The summed E-state index contributed by atoms with van der Waals surface area (Å²) in [7, 11) is 0. The number of nitrogens with two attached hydrogens (primary N) is 1. The van der Waals surface area contributed by atoms with E-state index in [0.717, 1.165) is 17.7 Å². The van der Waals surface area contributed by atoms with E-state index < -0.39 is 28.5 Å². The maximum absolute atomic E-state index is 13.5. The maximum atomic E-state index is 13.5. The van der Waals surface area contributed by atoms with Crippen LogP contribution in [0.4, 0.5) is 26.0 Å². The molecule has 0 aliphatic carbocycles. The fourth-order valence-electron chi connectivity index (χ4n) is 3.67. The number of nitro groups is 1. The van der Waals surface area contributed by atoms with Gasteiger partial charge < -0.3 is 21.1 Å². The van der Waals surface area contributed by atoms with Crippen molar-refractivity contribution in [2.75, 3.05) is 17.7 Å². The first-order valence-corrected chi connectivity index (χ1v) is 11.5. The highest BCUT2D eigenvalue weighted by atomic mass is 19.2. The lowest BCUT2D eigenvalue weighted by Gasteiger charge is -2.22. The lowest BCUT2D eigenvalue weighted by Crippen LogP contribution is -2.26. The van der Waals surface area contributed by atoms with E-state index >= 15 is 0 Å². The molecule has 4 N–H and O–H groups in total. The number of nitrogens with zero attached hydrogens (tertiary/aromatic N) is 2. The third kappa shape index (κ3) is 6.38. The number of nitrogens with one attached hydrogen (secondary N) is 2. The summed E-state index contributed by atoms with van der Waals surface area (Å²) in [6.07, 6.45) is 1.52. The van der Waals surface area contributed by atoms with Crippen LogP contribution in [0.1, 0.15) is 27.5 Å². The first-order valence-electron chi connectivity index (χ1n) is 11.5. The van der Waals surface area contributed by atoms with Crippen molar-refractivity contribution in [3.05, 3.63) is 123 Å². The van der Waals surface area contributed by atoms with Crippen molar-refractivity contribution >= 4 is 23.1 Å². The third-order valence-electron chi connectivity index (χ3n) is 5.61. The molecule has 0 saturated carbocycles. The molecule has 11 heteroatoms. The summed E-state index contributed by atoms with van der Waals surface area (Å²) in [4.78, 5) is 27.7. The minimum Gasteiger partial charge on any atom is -0.491 e. The second-order valence-corrected chi connectivity index (χ2v) is 8.23. The zero-order valence-corrected chi connectivity index (χ0v) is 19.9. The van der Waals surface area contributed by atoms with Gasteiger partial charge in [-0.05, 0) is 41.5 Å². The predicted molar refractivity (Wildman–Crippen MR) is 138 cm³/mol. The molecule has 0 spiro atoms. The van der Waals surface area contributed by atoms with E-state index in [9.17, 15) is 23.7 Å². The Morgan fingerprint density at radius 3 is 2.53 bits per heavy atom. The molecule has 0 fully saturated rings. The number of nitro benzene ring substituents is 1. The SMILES string of the molecule is Nc1cc(OCC(Nc2ncccc2C(=O)NCc2ccc(F)c(F)c2)c2ccccc2)ccc1[N+](=O)[O-]. The smallest absolute Gasteiger partial charge is 0.292 e. The average molecular weight is 520 g/mol. The molecule has 0 radical (unpaired) electrons. The molecule has 1 amide bonds. The van der Waals surface area contributed by atoms with Crippen LogP contribution in [0.25, 0.3) is 0 Å². The monoisotopic (exact) mass is 519 g/mol. The summed E-state index contributed by atoms with van der Waals surface area (Å²) in [5.41, 5.74) is 6.99. The first-order chi connectivity index (χ1) is 18.3. The number of amides is 1. The molecule has 3 aromatic carbocycles. The zero-order chi connectivity index (χ0) is 27.1. The number of ether oxygens (including phenoxy) is 1. The number of pyridine rings is 1. The molecule has 4 rings (SSSR count). The van der Waals surface area contributed by atoms with Gasteiger partial charge in [0, 0.05) is 24.9 Å². The van der Waals surface area contributed by atoms with Crippen molar-refractivity contribution in [3.63, 3.8) is 0 Å². The summed E-state index contributed by atoms with van der Waals surface area (Å²) in [5, 5.41) is 16.9. The maximum Gasteiger partial charge on any atom is 0.292 e. The number of carbonyl (C=O) groups excluding carboxylic acids is 1. The molecule has 194 valence electrons. The minimum atomic E-state index is -0.999. The van der Waals surface area contributed by atoms with Gasteiger partial charge in [0.1, 0.15) is 23.9 Å². The van der Waals surface area contributed by atoms with Gasteiger partial charge in [0.2, 0.25) is 0 Å². The van der Waals surface area contributed by atoms with Crippen LogP contribution in [0.15, 0.2) is 85.1 Å². The molecule has 0 aliphatic rings. The van der Waals surface area contributed by atoms with Gasteiger partial charge in [-0.2, -0.15) is 0 Å². The van der Waals surface area contributed by atoms with Crippen molar-refractivity contribution in [3.8, 4) is 5.75 Å². The second kappa shape index (κ2) is 11.8. The van der Waals surface area contributed by atoms with Gasteiger partial charge in [-0.1, -0.05) is 36.4 Å². The molecular formula is C27H23F2N5O4. The number of halogens is 2. The van der Waals surface area contributed by atoms with Crippen LogP contribution in [-0.2, 0) is 6.54 Å². The molecule has 1 heterocycles. The molecular weight excluding hydrogens is 496 g/mol.